The summed E-state index contributed by atoms with van der Waals surface area (Å²) in [6.45, 7) is 5.61. The maximum atomic E-state index is 11.1. The van der Waals surface area contributed by atoms with Crippen molar-refractivity contribution in [3.8, 4) is 5.00 Å². The van der Waals surface area contributed by atoms with E-state index < -0.39 is 11.0 Å². The van der Waals surface area contributed by atoms with Gasteiger partial charge in [0.05, 0.1) is 16.7 Å². The molecule has 0 fully saturated rings. The van der Waals surface area contributed by atoms with Crippen LogP contribution in [0.5, 0.6) is 0 Å². The SMILES string of the molecule is CC(C)c1ccn(-c2sc([C@@H](C)O)cc2[N+](=O)[O-])n1. The molecule has 0 unspecified atom stereocenters. The standard InChI is InChI=1S/C12H15N3O3S/c1-7(2)9-4-5-14(13-9)12-10(15(17)18)6-11(19-12)8(3)16/h4-8,16H,1-3H3/t8-/m1/s1. The molecule has 2 aromatic heterocycles. The lowest BCUT2D eigenvalue weighted by atomic mass is 10.1. The highest BCUT2D eigenvalue weighted by Gasteiger charge is 2.23. The average molecular weight is 281 g/mol. The Labute approximate surface area is 114 Å². The summed E-state index contributed by atoms with van der Waals surface area (Å²) in [4.78, 5) is 11.2. The van der Waals surface area contributed by atoms with Crippen molar-refractivity contribution in [3.05, 3.63) is 39.0 Å². The van der Waals surface area contributed by atoms with E-state index in [-0.39, 0.29) is 11.6 Å². The van der Waals surface area contributed by atoms with Gasteiger partial charge in [-0.25, -0.2) is 4.68 Å². The Kier molecular flexibility index (Phi) is 3.68. The van der Waals surface area contributed by atoms with Crippen molar-refractivity contribution in [3.63, 3.8) is 0 Å². The molecule has 0 aliphatic rings. The fourth-order valence-electron chi connectivity index (χ4n) is 1.65. The van der Waals surface area contributed by atoms with Gasteiger partial charge in [0.1, 0.15) is 0 Å². The van der Waals surface area contributed by atoms with E-state index in [1.165, 1.54) is 22.1 Å². The van der Waals surface area contributed by atoms with Gasteiger partial charge >= 0.3 is 5.69 Å². The van der Waals surface area contributed by atoms with Gasteiger partial charge in [-0.1, -0.05) is 13.8 Å². The Morgan fingerprint density at radius 3 is 2.63 bits per heavy atom. The summed E-state index contributed by atoms with van der Waals surface area (Å²) in [6, 6.07) is 3.25. The smallest absolute Gasteiger partial charge is 0.306 e. The number of hydrogen-bond donors (Lipinski definition) is 1. The molecule has 2 aromatic rings. The van der Waals surface area contributed by atoms with E-state index >= 15 is 0 Å². The number of nitrogens with zero attached hydrogens (tertiary/aromatic N) is 3. The molecule has 1 atom stereocenters. The van der Waals surface area contributed by atoms with Crippen LogP contribution in [0.15, 0.2) is 18.3 Å². The van der Waals surface area contributed by atoms with Crippen LogP contribution in [0.4, 0.5) is 5.69 Å². The van der Waals surface area contributed by atoms with E-state index in [0.717, 1.165) is 5.69 Å². The van der Waals surface area contributed by atoms with Crippen molar-refractivity contribution in [2.45, 2.75) is 32.8 Å². The van der Waals surface area contributed by atoms with Crippen molar-refractivity contribution in [2.75, 3.05) is 0 Å². The summed E-state index contributed by atoms with van der Waals surface area (Å²) in [6.07, 6.45) is 0.984. The predicted molar refractivity (Wildman–Crippen MR) is 72.8 cm³/mol. The molecule has 0 aliphatic heterocycles. The molecule has 0 saturated heterocycles. The number of hydrogen-bond acceptors (Lipinski definition) is 5. The second kappa shape index (κ2) is 5.10. The van der Waals surface area contributed by atoms with Crippen molar-refractivity contribution in [1.82, 2.24) is 9.78 Å². The highest BCUT2D eigenvalue weighted by atomic mass is 32.1. The Balaban J connectivity index is 2.50. The van der Waals surface area contributed by atoms with Crippen LogP contribution < -0.4 is 0 Å². The van der Waals surface area contributed by atoms with Crippen LogP contribution in [-0.4, -0.2) is 19.8 Å². The molecule has 7 heteroatoms. The van der Waals surface area contributed by atoms with Gasteiger partial charge in [-0.15, -0.1) is 11.3 Å². The molecule has 19 heavy (non-hydrogen) atoms. The fraction of sp³-hybridized carbons (Fsp3) is 0.417. The zero-order valence-corrected chi connectivity index (χ0v) is 11.7. The molecule has 0 amide bonds. The van der Waals surface area contributed by atoms with Gasteiger partial charge in [0.15, 0.2) is 5.00 Å². The number of aliphatic hydroxyl groups is 1. The van der Waals surface area contributed by atoms with Crippen LogP contribution in [0.25, 0.3) is 5.00 Å². The van der Waals surface area contributed by atoms with Gasteiger partial charge in [-0.3, -0.25) is 10.1 Å². The van der Waals surface area contributed by atoms with Gasteiger partial charge in [0, 0.05) is 17.1 Å². The molecule has 1 N–H and O–H groups in total. The fourth-order valence-corrected chi connectivity index (χ4v) is 2.65. The van der Waals surface area contributed by atoms with Gasteiger partial charge in [0.25, 0.3) is 0 Å². The summed E-state index contributed by atoms with van der Waals surface area (Å²) in [5.74, 6) is 0.261. The van der Waals surface area contributed by atoms with Crippen LogP contribution in [0.3, 0.4) is 0 Å². The van der Waals surface area contributed by atoms with Crippen LogP contribution in [0.1, 0.15) is 43.4 Å². The van der Waals surface area contributed by atoms with Crippen LogP contribution in [0, 0.1) is 10.1 Å². The van der Waals surface area contributed by atoms with E-state index in [0.29, 0.717) is 9.88 Å². The Hall–Kier alpha value is -1.73. The van der Waals surface area contributed by atoms with Gasteiger partial charge in [-0.2, -0.15) is 5.10 Å². The number of rotatable bonds is 4. The second-order valence-electron chi connectivity index (χ2n) is 4.61. The molecule has 6 nitrogen and oxygen atoms in total. The normalized spacial score (nSPS) is 12.9. The predicted octanol–water partition coefficient (Wildman–Crippen LogP) is 3.02. The van der Waals surface area contributed by atoms with Gasteiger partial charge < -0.3 is 5.11 Å². The quantitative estimate of drug-likeness (QED) is 0.690. The summed E-state index contributed by atoms with van der Waals surface area (Å²) >= 11 is 1.18. The van der Waals surface area contributed by atoms with Crippen LogP contribution >= 0.6 is 11.3 Å². The minimum absolute atomic E-state index is 0.0284. The Morgan fingerprint density at radius 2 is 2.16 bits per heavy atom. The number of aromatic nitrogens is 2. The molecular formula is C12H15N3O3S. The number of thiophene rings is 1. The average Bonchev–Trinajstić information content (AvgIpc) is 2.95. The lowest BCUT2D eigenvalue weighted by Crippen LogP contribution is -1.98. The first-order chi connectivity index (χ1) is 8.90. The van der Waals surface area contributed by atoms with Crippen LogP contribution in [-0.2, 0) is 0 Å². The molecule has 0 aromatic carbocycles. The van der Waals surface area contributed by atoms with Gasteiger partial charge in [0.2, 0.25) is 0 Å². The van der Waals surface area contributed by atoms with E-state index in [4.69, 9.17) is 0 Å². The second-order valence-corrected chi connectivity index (χ2v) is 5.67. The Morgan fingerprint density at radius 1 is 1.47 bits per heavy atom. The van der Waals surface area contributed by atoms with Crippen molar-refractivity contribution < 1.29 is 10.0 Å². The summed E-state index contributed by atoms with van der Waals surface area (Å²) in [5.41, 5.74) is 0.848. The first kappa shape index (κ1) is 13.7. The van der Waals surface area contributed by atoms with E-state index in [2.05, 4.69) is 5.10 Å². The molecule has 2 heterocycles. The summed E-state index contributed by atoms with van der Waals surface area (Å²) in [7, 11) is 0. The molecule has 0 radical (unpaired) electrons. The number of aliphatic hydroxyl groups excluding tert-OH is 1. The monoisotopic (exact) mass is 281 g/mol. The zero-order valence-electron chi connectivity index (χ0n) is 10.9. The zero-order chi connectivity index (χ0) is 14.2. The first-order valence-corrected chi connectivity index (χ1v) is 6.74. The maximum absolute atomic E-state index is 11.1. The maximum Gasteiger partial charge on any atom is 0.306 e. The minimum atomic E-state index is -0.724. The van der Waals surface area contributed by atoms with Crippen molar-refractivity contribution in [1.29, 1.82) is 0 Å². The molecule has 0 aliphatic carbocycles. The Bertz CT molecular complexity index is 601. The van der Waals surface area contributed by atoms with Crippen molar-refractivity contribution in [2.24, 2.45) is 0 Å². The van der Waals surface area contributed by atoms with E-state index in [1.54, 1.807) is 13.1 Å². The molecule has 0 spiro atoms. The largest absolute Gasteiger partial charge is 0.388 e. The summed E-state index contributed by atoms with van der Waals surface area (Å²) < 4.78 is 1.50. The minimum Gasteiger partial charge on any atom is -0.388 e. The van der Waals surface area contributed by atoms with E-state index in [9.17, 15) is 15.2 Å². The van der Waals surface area contributed by atoms with Gasteiger partial charge in [-0.05, 0) is 18.9 Å². The molecule has 102 valence electrons. The topological polar surface area (TPSA) is 81.2 Å². The summed E-state index contributed by atoms with van der Waals surface area (Å²) in [5, 5.41) is 25.4. The third kappa shape index (κ3) is 2.66. The van der Waals surface area contributed by atoms with Crippen molar-refractivity contribution >= 4 is 17.0 Å². The number of nitro groups is 1. The molecule has 0 saturated carbocycles. The molecule has 0 bridgehead atoms. The third-order valence-electron chi connectivity index (χ3n) is 2.73. The highest BCUT2D eigenvalue weighted by molar-refractivity contribution is 7.15. The lowest BCUT2D eigenvalue weighted by molar-refractivity contribution is -0.384. The van der Waals surface area contributed by atoms with E-state index in [1.807, 2.05) is 19.9 Å². The molecule has 2 rings (SSSR count). The third-order valence-corrected chi connectivity index (χ3v) is 4.01. The molecular weight excluding hydrogens is 266 g/mol. The van der Waals surface area contributed by atoms with Crippen LogP contribution in [0.2, 0.25) is 0 Å². The lowest BCUT2D eigenvalue weighted by Gasteiger charge is -1.99. The highest BCUT2D eigenvalue weighted by Crippen LogP contribution is 2.35. The first-order valence-electron chi connectivity index (χ1n) is 5.92.